The molecule has 0 atom stereocenters. The van der Waals surface area contributed by atoms with Gasteiger partial charge in [-0.05, 0) is 37.1 Å². The van der Waals surface area contributed by atoms with Gasteiger partial charge >= 0.3 is 5.97 Å². The molecule has 3 aromatic rings. The van der Waals surface area contributed by atoms with Gasteiger partial charge in [-0.15, -0.1) is 0 Å². The first-order valence-corrected chi connectivity index (χ1v) is 6.36. The Kier molecular flexibility index (Phi) is 2.79. The summed E-state index contributed by atoms with van der Waals surface area (Å²) in [4.78, 5) is 15.7. The van der Waals surface area contributed by atoms with Crippen LogP contribution in [0.15, 0.2) is 42.6 Å². The predicted octanol–water partition coefficient (Wildman–Crippen LogP) is 3.32. The summed E-state index contributed by atoms with van der Waals surface area (Å²) in [6.07, 6.45) is 1.87. The Hall–Kier alpha value is -2.62. The van der Waals surface area contributed by atoms with Crippen molar-refractivity contribution in [3.63, 3.8) is 0 Å². The number of carboxylic acids is 1. The third-order valence-electron chi connectivity index (χ3n) is 3.39. The Labute approximate surface area is 116 Å². The smallest absolute Gasteiger partial charge is 0.356 e. The molecular weight excluding hydrogens is 252 g/mol. The molecule has 0 unspecified atom stereocenters. The van der Waals surface area contributed by atoms with Crippen LogP contribution in [0.3, 0.4) is 0 Å². The van der Waals surface area contributed by atoms with E-state index in [9.17, 15) is 9.90 Å². The molecule has 0 aliphatic rings. The predicted molar refractivity (Wildman–Crippen MR) is 77.1 cm³/mol. The number of aromatic carboxylic acids is 1. The number of imidazole rings is 1. The van der Waals surface area contributed by atoms with Crippen molar-refractivity contribution < 1.29 is 9.90 Å². The maximum atomic E-state index is 11.4. The van der Waals surface area contributed by atoms with E-state index < -0.39 is 5.97 Å². The fraction of sp³-hybridized carbons (Fsp3) is 0.125. The second-order valence-electron chi connectivity index (χ2n) is 4.86. The second kappa shape index (κ2) is 4.49. The molecule has 2 aromatic heterocycles. The van der Waals surface area contributed by atoms with Gasteiger partial charge in [-0.1, -0.05) is 24.3 Å². The van der Waals surface area contributed by atoms with E-state index in [2.05, 4.69) is 4.98 Å². The SMILES string of the molecule is Cc1ccn2c(-c3ccccc3C)nc(C(=O)O)c2c1. The van der Waals surface area contributed by atoms with Crippen LogP contribution in [0.25, 0.3) is 16.9 Å². The molecule has 3 rings (SSSR count). The van der Waals surface area contributed by atoms with Crippen molar-refractivity contribution in [1.29, 1.82) is 0 Å². The molecule has 0 amide bonds. The average molecular weight is 266 g/mol. The first-order chi connectivity index (χ1) is 9.58. The van der Waals surface area contributed by atoms with Crippen LogP contribution in [0.5, 0.6) is 0 Å². The summed E-state index contributed by atoms with van der Waals surface area (Å²) in [6, 6.07) is 11.6. The number of carboxylic acid groups (broad SMARTS) is 1. The van der Waals surface area contributed by atoms with Crippen LogP contribution in [0, 0.1) is 13.8 Å². The zero-order valence-electron chi connectivity index (χ0n) is 11.3. The molecule has 20 heavy (non-hydrogen) atoms. The van der Waals surface area contributed by atoms with Crippen LogP contribution in [0.2, 0.25) is 0 Å². The Balaban J connectivity index is 2.38. The van der Waals surface area contributed by atoms with Crippen molar-refractivity contribution in [3.05, 3.63) is 59.4 Å². The van der Waals surface area contributed by atoms with Gasteiger partial charge in [0.15, 0.2) is 5.69 Å². The Morgan fingerprint density at radius 2 is 1.95 bits per heavy atom. The number of rotatable bonds is 2. The highest BCUT2D eigenvalue weighted by atomic mass is 16.4. The number of nitrogens with zero attached hydrogens (tertiary/aromatic N) is 2. The van der Waals surface area contributed by atoms with Crippen molar-refractivity contribution in [1.82, 2.24) is 9.38 Å². The van der Waals surface area contributed by atoms with Crippen molar-refractivity contribution in [2.24, 2.45) is 0 Å². The summed E-state index contributed by atoms with van der Waals surface area (Å²) in [5.74, 6) is -0.344. The summed E-state index contributed by atoms with van der Waals surface area (Å²) in [5, 5.41) is 9.33. The lowest BCUT2D eigenvalue weighted by Crippen LogP contribution is -1.97. The zero-order chi connectivity index (χ0) is 14.3. The maximum Gasteiger partial charge on any atom is 0.356 e. The number of fused-ring (bicyclic) bond motifs is 1. The quantitative estimate of drug-likeness (QED) is 0.774. The minimum atomic E-state index is -1.01. The van der Waals surface area contributed by atoms with E-state index in [1.165, 1.54) is 0 Å². The maximum absolute atomic E-state index is 11.4. The highest BCUT2D eigenvalue weighted by Gasteiger charge is 2.18. The lowest BCUT2D eigenvalue weighted by molar-refractivity contribution is 0.0693. The third kappa shape index (κ3) is 1.86. The van der Waals surface area contributed by atoms with Gasteiger partial charge in [0.05, 0.1) is 5.52 Å². The van der Waals surface area contributed by atoms with Gasteiger partial charge in [0.2, 0.25) is 0 Å². The van der Waals surface area contributed by atoms with Gasteiger partial charge in [-0.25, -0.2) is 9.78 Å². The number of carbonyl (C=O) groups is 1. The second-order valence-corrected chi connectivity index (χ2v) is 4.86. The van der Waals surface area contributed by atoms with Gasteiger partial charge < -0.3 is 5.11 Å². The number of aromatic nitrogens is 2. The minimum Gasteiger partial charge on any atom is -0.476 e. The van der Waals surface area contributed by atoms with E-state index in [1.807, 2.05) is 60.8 Å². The number of hydrogen-bond donors (Lipinski definition) is 1. The number of benzene rings is 1. The van der Waals surface area contributed by atoms with E-state index in [4.69, 9.17) is 0 Å². The zero-order valence-corrected chi connectivity index (χ0v) is 11.3. The Bertz CT molecular complexity index is 818. The first kappa shape index (κ1) is 12.4. The van der Waals surface area contributed by atoms with Gasteiger partial charge in [-0.3, -0.25) is 4.40 Å². The molecule has 0 aliphatic heterocycles. The van der Waals surface area contributed by atoms with Crippen molar-refractivity contribution >= 4 is 11.5 Å². The van der Waals surface area contributed by atoms with Crippen LogP contribution in [0.1, 0.15) is 21.6 Å². The van der Waals surface area contributed by atoms with Gasteiger partial charge in [-0.2, -0.15) is 0 Å². The molecule has 100 valence electrons. The molecule has 0 bridgehead atoms. The number of hydrogen-bond acceptors (Lipinski definition) is 2. The number of pyridine rings is 1. The Morgan fingerprint density at radius 1 is 1.20 bits per heavy atom. The topological polar surface area (TPSA) is 54.6 Å². The third-order valence-corrected chi connectivity index (χ3v) is 3.39. The number of aryl methyl sites for hydroxylation is 2. The fourth-order valence-electron chi connectivity index (χ4n) is 2.36. The summed E-state index contributed by atoms with van der Waals surface area (Å²) < 4.78 is 1.83. The highest BCUT2D eigenvalue weighted by molar-refractivity contribution is 5.95. The van der Waals surface area contributed by atoms with E-state index in [-0.39, 0.29) is 5.69 Å². The summed E-state index contributed by atoms with van der Waals surface area (Å²) >= 11 is 0. The standard InChI is InChI=1S/C16H14N2O2/c1-10-7-8-18-13(9-10)14(16(19)20)17-15(18)12-6-4-3-5-11(12)2/h3-9H,1-2H3,(H,19,20). The van der Waals surface area contributed by atoms with Crippen molar-refractivity contribution in [2.75, 3.05) is 0 Å². The van der Waals surface area contributed by atoms with Crippen molar-refractivity contribution in [3.8, 4) is 11.4 Å². The lowest BCUT2D eigenvalue weighted by atomic mass is 10.1. The lowest BCUT2D eigenvalue weighted by Gasteiger charge is -2.04. The van der Waals surface area contributed by atoms with Crippen molar-refractivity contribution in [2.45, 2.75) is 13.8 Å². The van der Waals surface area contributed by atoms with E-state index in [0.717, 1.165) is 16.7 Å². The molecule has 4 nitrogen and oxygen atoms in total. The molecule has 0 fully saturated rings. The van der Waals surface area contributed by atoms with Crippen LogP contribution in [0.4, 0.5) is 0 Å². The average Bonchev–Trinajstić information content (AvgIpc) is 2.78. The molecule has 0 saturated heterocycles. The van der Waals surface area contributed by atoms with Crippen LogP contribution < -0.4 is 0 Å². The van der Waals surface area contributed by atoms with E-state index in [0.29, 0.717) is 11.3 Å². The van der Waals surface area contributed by atoms with Gasteiger partial charge in [0.25, 0.3) is 0 Å². The van der Waals surface area contributed by atoms with Crippen LogP contribution in [-0.2, 0) is 0 Å². The van der Waals surface area contributed by atoms with Gasteiger partial charge in [0.1, 0.15) is 5.82 Å². The highest BCUT2D eigenvalue weighted by Crippen LogP contribution is 2.26. The molecule has 0 aliphatic carbocycles. The molecular formula is C16H14N2O2. The molecule has 2 heterocycles. The summed E-state index contributed by atoms with van der Waals surface area (Å²) in [6.45, 7) is 3.93. The Morgan fingerprint density at radius 3 is 2.65 bits per heavy atom. The fourth-order valence-corrected chi connectivity index (χ4v) is 2.36. The summed E-state index contributed by atoms with van der Waals surface area (Å²) in [5.41, 5.74) is 3.73. The first-order valence-electron chi connectivity index (χ1n) is 6.36. The minimum absolute atomic E-state index is 0.0898. The van der Waals surface area contributed by atoms with Crippen LogP contribution in [-0.4, -0.2) is 20.5 Å². The molecule has 1 N–H and O–H groups in total. The molecule has 0 saturated carbocycles. The normalized spacial score (nSPS) is 10.9. The summed E-state index contributed by atoms with van der Waals surface area (Å²) in [7, 11) is 0. The molecule has 0 radical (unpaired) electrons. The molecule has 0 spiro atoms. The largest absolute Gasteiger partial charge is 0.476 e. The van der Waals surface area contributed by atoms with E-state index >= 15 is 0 Å². The van der Waals surface area contributed by atoms with Crippen LogP contribution >= 0.6 is 0 Å². The molecule has 1 aromatic carbocycles. The molecule has 4 heteroatoms. The van der Waals surface area contributed by atoms with E-state index in [1.54, 1.807) is 0 Å². The van der Waals surface area contributed by atoms with Gasteiger partial charge in [0, 0.05) is 11.8 Å². The monoisotopic (exact) mass is 266 g/mol.